The van der Waals surface area contributed by atoms with Crippen LogP contribution in [-0.4, -0.2) is 32.4 Å². The van der Waals surface area contributed by atoms with Crippen LogP contribution in [0.1, 0.15) is 40.6 Å². The molecule has 1 saturated carbocycles. The average Bonchev–Trinajstić information content (AvgIpc) is 3.46. The largest absolute Gasteiger partial charge is 0.334 e. The predicted molar refractivity (Wildman–Crippen MR) is 102 cm³/mol. The molecule has 27 heavy (non-hydrogen) atoms. The molecule has 1 fully saturated rings. The second-order valence-corrected chi connectivity index (χ2v) is 7.01. The number of amides is 1. The van der Waals surface area contributed by atoms with Gasteiger partial charge in [-0.3, -0.25) is 14.4 Å². The first kappa shape index (κ1) is 17.2. The third kappa shape index (κ3) is 3.16. The van der Waals surface area contributed by atoms with Gasteiger partial charge in [0.25, 0.3) is 17.0 Å². The maximum Gasteiger partial charge on any atom is 0.263 e. The SMILES string of the molecule is Cc1ccn(C2CC2)c(=O)c1C(=O)N(C)Cc1nc2ccccc2c(=O)[nH]1. The molecule has 1 aliphatic carbocycles. The molecule has 2 heterocycles. The van der Waals surface area contributed by atoms with E-state index in [0.717, 1.165) is 12.8 Å². The van der Waals surface area contributed by atoms with Crippen molar-refractivity contribution in [2.75, 3.05) is 7.05 Å². The number of pyridine rings is 1. The van der Waals surface area contributed by atoms with Crippen LogP contribution in [0.4, 0.5) is 0 Å². The zero-order valence-corrected chi connectivity index (χ0v) is 15.2. The molecule has 0 aliphatic heterocycles. The van der Waals surface area contributed by atoms with Gasteiger partial charge in [0.15, 0.2) is 0 Å². The molecule has 1 N–H and O–H groups in total. The lowest BCUT2D eigenvalue weighted by Crippen LogP contribution is -2.35. The molecule has 7 heteroatoms. The number of nitrogens with zero attached hydrogens (tertiary/aromatic N) is 3. The summed E-state index contributed by atoms with van der Waals surface area (Å²) in [6.45, 7) is 1.87. The van der Waals surface area contributed by atoms with Gasteiger partial charge in [-0.25, -0.2) is 4.98 Å². The van der Waals surface area contributed by atoms with E-state index >= 15 is 0 Å². The quantitative estimate of drug-likeness (QED) is 0.767. The van der Waals surface area contributed by atoms with E-state index in [0.29, 0.717) is 22.3 Å². The van der Waals surface area contributed by atoms with Crippen molar-refractivity contribution in [1.82, 2.24) is 19.4 Å². The summed E-state index contributed by atoms with van der Waals surface area (Å²) >= 11 is 0. The first-order valence-corrected chi connectivity index (χ1v) is 8.91. The molecular weight excluding hydrogens is 344 g/mol. The van der Waals surface area contributed by atoms with Gasteiger partial charge in [0, 0.05) is 19.3 Å². The summed E-state index contributed by atoms with van der Waals surface area (Å²) in [5.74, 6) is 0.00830. The lowest BCUT2D eigenvalue weighted by Gasteiger charge is -2.18. The van der Waals surface area contributed by atoms with Crippen LogP contribution in [0.25, 0.3) is 10.9 Å². The van der Waals surface area contributed by atoms with Crippen molar-refractivity contribution < 1.29 is 4.79 Å². The molecular formula is C20H20N4O3. The van der Waals surface area contributed by atoms with Gasteiger partial charge >= 0.3 is 0 Å². The van der Waals surface area contributed by atoms with Crippen LogP contribution < -0.4 is 11.1 Å². The van der Waals surface area contributed by atoms with Crippen molar-refractivity contribution in [3.8, 4) is 0 Å². The topological polar surface area (TPSA) is 88.1 Å². The van der Waals surface area contributed by atoms with E-state index in [-0.39, 0.29) is 35.2 Å². The number of aromatic amines is 1. The Morgan fingerprint density at radius 2 is 2.00 bits per heavy atom. The summed E-state index contributed by atoms with van der Waals surface area (Å²) in [6, 6.07) is 9.04. The number of hydrogen-bond donors (Lipinski definition) is 1. The average molecular weight is 364 g/mol. The van der Waals surface area contributed by atoms with E-state index in [1.165, 1.54) is 4.90 Å². The minimum absolute atomic E-state index is 0.107. The van der Waals surface area contributed by atoms with Crippen molar-refractivity contribution in [3.05, 3.63) is 74.2 Å². The number of carbonyl (C=O) groups excluding carboxylic acids is 1. The van der Waals surface area contributed by atoms with E-state index in [9.17, 15) is 14.4 Å². The van der Waals surface area contributed by atoms with Crippen molar-refractivity contribution in [1.29, 1.82) is 0 Å². The van der Waals surface area contributed by atoms with Gasteiger partial charge in [-0.05, 0) is 43.5 Å². The number of nitrogens with one attached hydrogen (secondary N) is 1. The fourth-order valence-corrected chi connectivity index (χ4v) is 3.24. The molecule has 7 nitrogen and oxygen atoms in total. The molecule has 0 radical (unpaired) electrons. The number of benzene rings is 1. The minimum atomic E-state index is -0.372. The highest BCUT2D eigenvalue weighted by Gasteiger charge is 2.28. The van der Waals surface area contributed by atoms with Gasteiger partial charge in [-0.2, -0.15) is 0 Å². The number of H-pyrrole nitrogens is 1. The Labute approximate surface area is 155 Å². The monoisotopic (exact) mass is 364 g/mol. The first-order valence-electron chi connectivity index (χ1n) is 8.91. The number of aryl methyl sites for hydroxylation is 1. The first-order chi connectivity index (χ1) is 13.0. The summed E-state index contributed by atoms with van der Waals surface area (Å²) in [5, 5.41) is 0.501. The zero-order chi connectivity index (χ0) is 19.1. The summed E-state index contributed by atoms with van der Waals surface area (Å²) in [6.07, 6.45) is 3.69. The zero-order valence-electron chi connectivity index (χ0n) is 15.2. The van der Waals surface area contributed by atoms with E-state index in [4.69, 9.17) is 0 Å². The molecule has 1 aromatic carbocycles. The third-order valence-corrected chi connectivity index (χ3v) is 4.88. The van der Waals surface area contributed by atoms with Gasteiger partial charge < -0.3 is 14.5 Å². The van der Waals surface area contributed by atoms with E-state index < -0.39 is 0 Å². The number of hydrogen-bond acceptors (Lipinski definition) is 4. The van der Waals surface area contributed by atoms with E-state index in [2.05, 4.69) is 9.97 Å². The summed E-state index contributed by atoms with van der Waals surface area (Å²) < 4.78 is 1.64. The number of rotatable bonds is 4. The molecule has 0 bridgehead atoms. The molecule has 2 aromatic heterocycles. The van der Waals surface area contributed by atoms with Crippen LogP contribution >= 0.6 is 0 Å². The minimum Gasteiger partial charge on any atom is -0.334 e. The number of carbonyl (C=O) groups is 1. The predicted octanol–water partition coefficient (Wildman–Crippen LogP) is 2.00. The van der Waals surface area contributed by atoms with Crippen molar-refractivity contribution >= 4 is 16.8 Å². The van der Waals surface area contributed by atoms with Gasteiger partial charge in [0.1, 0.15) is 11.4 Å². The summed E-state index contributed by atoms with van der Waals surface area (Å²) in [4.78, 5) is 46.4. The second-order valence-electron chi connectivity index (χ2n) is 7.01. The molecule has 1 aliphatic rings. The summed E-state index contributed by atoms with van der Waals surface area (Å²) in [7, 11) is 1.60. The van der Waals surface area contributed by atoms with Crippen LogP contribution in [0, 0.1) is 6.92 Å². The molecule has 0 atom stereocenters. The van der Waals surface area contributed by atoms with Crippen molar-refractivity contribution in [2.24, 2.45) is 0 Å². The molecule has 0 spiro atoms. The maximum absolute atomic E-state index is 12.9. The molecule has 0 unspecified atom stereocenters. The number of para-hydroxylation sites is 1. The van der Waals surface area contributed by atoms with Crippen molar-refractivity contribution in [2.45, 2.75) is 32.4 Å². The highest BCUT2D eigenvalue weighted by Crippen LogP contribution is 2.33. The van der Waals surface area contributed by atoms with Crippen LogP contribution in [0.5, 0.6) is 0 Å². The van der Waals surface area contributed by atoms with E-state index in [1.54, 1.807) is 55.1 Å². The van der Waals surface area contributed by atoms with Crippen molar-refractivity contribution in [3.63, 3.8) is 0 Å². The molecule has 1 amide bonds. The fraction of sp³-hybridized carbons (Fsp3) is 0.300. The third-order valence-electron chi connectivity index (χ3n) is 4.88. The lowest BCUT2D eigenvalue weighted by molar-refractivity contribution is 0.0778. The maximum atomic E-state index is 12.9. The Kier molecular flexibility index (Phi) is 4.14. The van der Waals surface area contributed by atoms with Crippen LogP contribution in [0.15, 0.2) is 46.1 Å². The Hall–Kier alpha value is -3.22. The van der Waals surface area contributed by atoms with Gasteiger partial charge in [-0.1, -0.05) is 12.1 Å². The molecule has 138 valence electrons. The van der Waals surface area contributed by atoms with Gasteiger partial charge in [0.2, 0.25) is 0 Å². The van der Waals surface area contributed by atoms with E-state index in [1.807, 2.05) is 0 Å². The normalized spacial score (nSPS) is 13.7. The number of aromatic nitrogens is 3. The smallest absolute Gasteiger partial charge is 0.263 e. The summed E-state index contributed by atoms with van der Waals surface area (Å²) in [5.41, 5.74) is 0.894. The Morgan fingerprint density at radius 3 is 2.74 bits per heavy atom. The lowest BCUT2D eigenvalue weighted by atomic mass is 10.1. The Bertz CT molecular complexity index is 1160. The Morgan fingerprint density at radius 1 is 1.26 bits per heavy atom. The highest BCUT2D eigenvalue weighted by atomic mass is 16.2. The molecule has 3 aromatic rings. The Balaban J connectivity index is 1.65. The standard InChI is InChI=1S/C20H20N4O3/c1-12-9-10-24(13-7-8-13)20(27)17(12)19(26)23(2)11-16-21-15-6-4-3-5-14(15)18(25)22-16/h3-6,9-10,13H,7-8,11H2,1-2H3,(H,21,22,25). The molecule has 0 saturated heterocycles. The fourth-order valence-electron chi connectivity index (χ4n) is 3.24. The van der Waals surface area contributed by atoms with Gasteiger partial charge in [-0.15, -0.1) is 0 Å². The van der Waals surface area contributed by atoms with Crippen LogP contribution in [-0.2, 0) is 6.54 Å². The van der Waals surface area contributed by atoms with Crippen LogP contribution in [0.2, 0.25) is 0 Å². The van der Waals surface area contributed by atoms with Crippen LogP contribution in [0.3, 0.4) is 0 Å². The highest BCUT2D eigenvalue weighted by molar-refractivity contribution is 5.95. The number of fused-ring (bicyclic) bond motifs is 1. The second kappa shape index (κ2) is 6.50. The molecule has 4 rings (SSSR count). The van der Waals surface area contributed by atoms with Gasteiger partial charge in [0.05, 0.1) is 17.4 Å².